The number of nitrogens with two attached hydrogens (primary N) is 1. The zero-order chi connectivity index (χ0) is 47.3. The molecule has 20 nitrogen and oxygen atoms in total. The number of imidazole rings is 2. The van der Waals surface area contributed by atoms with Crippen LogP contribution in [0.1, 0.15) is 85.2 Å². The minimum absolute atomic E-state index is 0.0737. The quantitative estimate of drug-likeness (QED) is 0.100. The minimum Gasteiger partial charge on any atom is -0.484 e. The van der Waals surface area contributed by atoms with E-state index in [0.717, 1.165) is 37.8 Å². The second kappa shape index (κ2) is 20.3. The first-order chi connectivity index (χ1) is 32.9. The summed E-state index contributed by atoms with van der Waals surface area (Å²) in [5, 5.41) is 8.00. The fourth-order valence-electron chi connectivity index (χ4n) is 8.22. The Balaban J connectivity index is 0.000000170. The van der Waals surface area contributed by atoms with Crippen molar-refractivity contribution in [2.75, 3.05) is 27.2 Å². The van der Waals surface area contributed by atoms with Crippen molar-refractivity contribution in [3.8, 4) is 11.5 Å². The van der Waals surface area contributed by atoms with E-state index in [-0.39, 0.29) is 29.4 Å². The number of benzene rings is 4. The highest BCUT2D eigenvalue weighted by Crippen LogP contribution is 2.36. The maximum Gasteiger partial charge on any atom is 0.277 e. The van der Waals surface area contributed by atoms with Crippen LogP contribution in [0.4, 0.5) is 0 Å². The second-order valence-electron chi connectivity index (χ2n) is 16.8. The third-order valence-electron chi connectivity index (χ3n) is 11.6. The molecule has 0 amide bonds. The van der Waals surface area contributed by atoms with E-state index in [1.807, 2.05) is 86.9 Å². The Bertz CT molecular complexity index is 3110. The molecule has 6 heterocycles. The zero-order valence-corrected chi connectivity index (χ0v) is 39.2. The van der Waals surface area contributed by atoms with E-state index in [1.165, 1.54) is 14.2 Å². The van der Waals surface area contributed by atoms with Crippen molar-refractivity contribution >= 4 is 42.1 Å². The number of H-pyrrole nitrogens is 2. The van der Waals surface area contributed by atoms with Crippen LogP contribution in [-0.4, -0.2) is 97.7 Å². The lowest BCUT2D eigenvalue weighted by Gasteiger charge is -2.31. The number of sulfonamides is 2. The van der Waals surface area contributed by atoms with Gasteiger partial charge in [-0.25, -0.2) is 26.8 Å². The van der Waals surface area contributed by atoms with E-state index < -0.39 is 32.1 Å². The lowest BCUT2D eigenvalue weighted by Crippen LogP contribution is -2.39. The first-order valence-corrected chi connectivity index (χ1v) is 25.2. The molecule has 4 aromatic heterocycles. The van der Waals surface area contributed by atoms with Gasteiger partial charge in [-0.05, 0) is 99.4 Å². The van der Waals surface area contributed by atoms with Crippen molar-refractivity contribution in [2.24, 2.45) is 5.73 Å². The monoisotopic (exact) mass is 964 g/mol. The summed E-state index contributed by atoms with van der Waals surface area (Å²) in [4.78, 5) is 25.4. The van der Waals surface area contributed by atoms with Crippen LogP contribution >= 0.6 is 0 Å². The second-order valence-corrected chi connectivity index (χ2v) is 20.4. The third kappa shape index (κ3) is 10.4. The van der Waals surface area contributed by atoms with Crippen molar-refractivity contribution in [1.82, 2.24) is 53.7 Å². The maximum atomic E-state index is 13.5. The molecule has 0 saturated carbocycles. The molecule has 2 aliphatic heterocycles. The molecule has 2 atom stereocenters. The summed E-state index contributed by atoms with van der Waals surface area (Å²) in [5.74, 6) is 2.58. The topological polar surface area (TPSA) is 258 Å². The molecule has 10 rings (SSSR count). The van der Waals surface area contributed by atoms with Gasteiger partial charge in [-0.1, -0.05) is 71.7 Å². The number of nitrogens with one attached hydrogen (secondary N) is 2. The summed E-state index contributed by atoms with van der Waals surface area (Å²) >= 11 is 0. The molecule has 0 bridgehead atoms. The van der Waals surface area contributed by atoms with Crippen molar-refractivity contribution < 1.29 is 35.4 Å². The smallest absolute Gasteiger partial charge is 0.277 e. The van der Waals surface area contributed by atoms with E-state index >= 15 is 0 Å². The fraction of sp³-hybridized carbons (Fsp3) is 0.348. The van der Waals surface area contributed by atoms with Gasteiger partial charge in [0.2, 0.25) is 10.3 Å². The number of ether oxygens (including phenoxy) is 2. The van der Waals surface area contributed by atoms with Gasteiger partial charge in [0, 0.05) is 26.2 Å². The van der Waals surface area contributed by atoms with Gasteiger partial charge in [0.15, 0.2) is 24.9 Å². The summed E-state index contributed by atoms with van der Waals surface area (Å²) in [6.07, 6.45) is 4.45. The fourth-order valence-corrected chi connectivity index (χ4v) is 11.4. The van der Waals surface area contributed by atoms with Gasteiger partial charge in [-0.2, -0.15) is 18.6 Å². The molecule has 0 spiro atoms. The van der Waals surface area contributed by atoms with Crippen molar-refractivity contribution in [2.45, 2.75) is 87.2 Å². The number of para-hydroxylation sites is 4. The number of aromatic amines is 2. The number of hydrogen-bond acceptors (Lipinski definition) is 16. The zero-order valence-electron chi connectivity index (χ0n) is 37.6. The van der Waals surface area contributed by atoms with Gasteiger partial charge in [0.1, 0.15) is 11.5 Å². The SMILES string of the molecule is CN(C)Cc1ccc(OCc2nc([C@@H]3CCCCN3S(=O)(=O)c3nc4ccccc4[nH]3)no2)cc1.NCc1ccc(OCc2nc([C@@H]3CCCCN3S(=O)(=O)c3nc4ccccc4[nH]3)no2)cc1. The van der Waals surface area contributed by atoms with E-state index in [9.17, 15) is 16.8 Å². The minimum atomic E-state index is -3.87. The highest BCUT2D eigenvalue weighted by molar-refractivity contribution is 7.89. The van der Waals surface area contributed by atoms with Crippen molar-refractivity contribution in [3.05, 3.63) is 132 Å². The highest BCUT2D eigenvalue weighted by atomic mass is 32.2. The van der Waals surface area contributed by atoms with Crippen LogP contribution in [0.2, 0.25) is 0 Å². The normalized spacial score (nSPS) is 17.4. The van der Waals surface area contributed by atoms with E-state index in [4.69, 9.17) is 24.3 Å². The third-order valence-corrected chi connectivity index (χ3v) is 15.1. The van der Waals surface area contributed by atoms with E-state index in [2.05, 4.69) is 45.1 Å². The molecule has 2 fully saturated rings. The standard InChI is InChI=1S/C24H28N6O4S.C22H24N6O4S/c1-29(2)15-17-10-12-18(13-11-17)33-16-22-27-23(28-34-22)21-9-5-6-14-30(21)35(31,32)24-25-19-7-3-4-8-20(19)26-24;23-13-15-8-10-16(11-9-15)31-14-20-26-21(27-32-20)19-7-3-4-12-28(19)33(29,30)22-24-17-5-1-2-6-18(17)25-22/h3-4,7-8,10-13,21H,5-6,9,14-16H2,1-2H3,(H,25,26);1-2,5-6,8-11,19H,3-4,7,12-14,23H2,(H,24,25)/t21-;19-/m00/s1. The number of piperidine rings is 2. The Morgan fingerprint density at radius 1 is 0.618 bits per heavy atom. The summed E-state index contributed by atoms with van der Waals surface area (Å²) in [7, 11) is -3.70. The van der Waals surface area contributed by atoms with Gasteiger partial charge in [-0.3, -0.25) is 0 Å². The molecule has 0 unspecified atom stereocenters. The maximum absolute atomic E-state index is 13.5. The predicted molar refractivity (Wildman–Crippen MR) is 249 cm³/mol. The largest absolute Gasteiger partial charge is 0.484 e. The molecule has 4 N–H and O–H groups in total. The molecule has 8 aromatic rings. The highest BCUT2D eigenvalue weighted by Gasteiger charge is 2.40. The van der Waals surface area contributed by atoms with Crippen molar-refractivity contribution in [3.63, 3.8) is 0 Å². The van der Waals surface area contributed by atoms with Gasteiger partial charge in [-0.15, -0.1) is 0 Å². The lowest BCUT2D eigenvalue weighted by atomic mass is 10.0. The van der Waals surface area contributed by atoms with Crippen LogP contribution in [0, 0.1) is 0 Å². The number of nitrogens with zero attached hydrogens (tertiary/aromatic N) is 9. The molecule has 68 heavy (non-hydrogen) atoms. The number of rotatable bonds is 15. The van der Waals surface area contributed by atoms with Crippen LogP contribution < -0.4 is 15.2 Å². The Morgan fingerprint density at radius 2 is 1.06 bits per heavy atom. The predicted octanol–water partition coefficient (Wildman–Crippen LogP) is 6.40. The number of fused-ring (bicyclic) bond motifs is 2. The Kier molecular flexibility index (Phi) is 13.9. The van der Waals surface area contributed by atoms with Gasteiger partial charge in [0.25, 0.3) is 31.8 Å². The van der Waals surface area contributed by atoms with Crippen LogP contribution in [0.15, 0.2) is 116 Å². The molecular formula is C46H52N12O8S2. The van der Waals surface area contributed by atoms with Gasteiger partial charge < -0.3 is 39.1 Å². The summed E-state index contributed by atoms with van der Waals surface area (Å²) < 4.78 is 78.9. The Morgan fingerprint density at radius 3 is 1.49 bits per heavy atom. The first kappa shape index (κ1) is 46.5. The molecule has 0 radical (unpaired) electrons. The molecule has 356 valence electrons. The average molecular weight is 965 g/mol. The number of hydrogen-bond donors (Lipinski definition) is 3. The summed E-state index contributed by atoms with van der Waals surface area (Å²) in [6.45, 7) is 2.22. The van der Waals surface area contributed by atoms with Crippen LogP contribution in [0.25, 0.3) is 22.1 Å². The van der Waals surface area contributed by atoms with Crippen LogP contribution in [0.3, 0.4) is 0 Å². The molecule has 0 aliphatic carbocycles. The molecular weight excluding hydrogens is 913 g/mol. The van der Waals surface area contributed by atoms with E-state index in [1.54, 1.807) is 24.3 Å². The van der Waals surface area contributed by atoms with Crippen LogP contribution in [-0.2, 0) is 46.3 Å². The van der Waals surface area contributed by atoms with Crippen molar-refractivity contribution in [1.29, 1.82) is 0 Å². The average Bonchev–Trinajstić information content (AvgIpc) is 4.20. The van der Waals surface area contributed by atoms with E-state index in [0.29, 0.717) is 83.6 Å². The summed E-state index contributed by atoms with van der Waals surface area (Å²) in [6, 6.07) is 28.6. The lowest BCUT2D eigenvalue weighted by molar-refractivity contribution is 0.231. The molecule has 2 aliphatic rings. The first-order valence-electron chi connectivity index (χ1n) is 22.3. The Labute approximate surface area is 393 Å². The summed E-state index contributed by atoms with van der Waals surface area (Å²) in [5.41, 5.74) is 10.4. The molecule has 2 saturated heterocycles. The molecule has 4 aromatic carbocycles. The number of aromatic nitrogens is 8. The van der Waals surface area contributed by atoms with Gasteiger partial charge in [0.05, 0.1) is 34.2 Å². The Hall–Kier alpha value is -6.56. The molecule has 22 heteroatoms. The van der Waals surface area contributed by atoms with Gasteiger partial charge >= 0.3 is 0 Å². The van der Waals surface area contributed by atoms with Crippen LogP contribution in [0.5, 0.6) is 11.5 Å².